The van der Waals surface area contributed by atoms with Gasteiger partial charge in [-0.15, -0.1) is 0 Å². The number of benzene rings is 2. The molecule has 1 N–H and O–H groups in total. The largest absolute Gasteiger partial charge is 0.348 e. The number of hydrogen-bond donors (Lipinski definition) is 1. The molecule has 3 aromatic heterocycles. The molecule has 0 aliphatic heterocycles. The van der Waals surface area contributed by atoms with E-state index in [-0.39, 0.29) is 5.91 Å². The van der Waals surface area contributed by atoms with Gasteiger partial charge in [0, 0.05) is 30.1 Å². The van der Waals surface area contributed by atoms with E-state index in [0.717, 1.165) is 22.4 Å². The Bertz CT molecular complexity index is 1330. The smallest absolute Gasteiger partial charge is 0.253 e. The Morgan fingerprint density at radius 3 is 2.42 bits per heavy atom. The molecule has 0 bridgehead atoms. The normalized spacial score (nSPS) is 10.8. The van der Waals surface area contributed by atoms with Gasteiger partial charge in [0.15, 0.2) is 5.82 Å². The molecule has 5 aromatic rings. The van der Waals surface area contributed by atoms with E-state index < -0.39 is 0 Å². The summed E-state index contributed by atoms with van der Waals surface area (Å²) in [6.07, 6.45) is 6.51. The molecule has 0 aliphatic rings. The van der Waals surface area contributed by atoms with Gasteiger partial charge in [0.05, 0.1) is 17.8 Å². The van der Waals surface area contributed by atoms with Crippen LogP contribution in [-0.4, -0.2) is 35.4 Å². The third-order valence-corrected chi connectivity index (χ3v) is 5.18. The highest BCUT2D eigenvalue weighted by Crippen LogP contribution is 2.22. The highest BCUT2D eigenvalue weighted by Gasteiger charge is 2.14. The Hall–Kier alpha value is -4.59. The van der Waals surface area contributed by atoms with Crippen LogP contribution in [0.25, 0.3) is 17.1 Å². The van der Waals surface area contributed by atoms with Crippen LogP contribution in [0.15, 0.2) is 97.8 Å². The van der Waals surface area contributed by atoms with Gasteiger partial charge in [-0.1, -0.05) is 60.7 Å². The fraction of sp³-hybridized carbons (Fsp3) is 0.0800. The maximum atomic E-state index is 12.7. The highest BCUT2D eigenvalue weighted by atomic mass is 16.1. The van der Waals surface area contributed by atoms with Gasteiger partial charge in [-0.05, 0) is 17.7 Å². The van der Waals surface area contributed by atoms with E-state index in [4.69, 9.17) is 5.10 Å². The first-order valence-corrected chi connectivity index (χ1v) is 10.5. The van der Waals surface area contributed by atoms with E-state index in [1.54, 1.807) is 18.5 Å². The summed E-state index contributed by atoms with van der Waals surface area (Å²) in [5.74, 6) is 0.389. The highest BCUT2D eigenvalue weighted by molar-refractivity contribution is 5.94. The Morgan fingerprint density at radius 2 is 1.73 bits per heavy atom. The second-order valence-corrected chi connectivity index (χ2v) is 7.48. The van der Waals surface area contributed by atoms with E-state index >= 15 is 0 Å². The standard InChI is InChI=1S/C25H21N7O/c33-25(21-11-12-23(27-13-21)32-18-26-17-29-32)28-14-22-16-31(15-19-7-3-1-4-8-19)30-24(22)20-9-5-2-6-10-20/h1-13,16-18H,14-15H2,(H,28,33). The first kappa shape index (κ1) is 20.3. The molecule has 1 amide bonds. The van der Waals surface area contributed by atoms with Crippen LogP contribution in [0.2, 0.25) is 0 Å². The Labute approximate surface area is 190 Å². The van der Waals surface area contributed by atoms with Crippen LogP contribution < -0.4 is 5.32 Å². The zero-order valence-electron chi connectivity index (χ0n) is 17.7. The van der Waals surface area contributed by atoms with Gasteiger partial charge in [0.25, 0.3) is 5.91 Å². The van der Waals surface area contributed by atoms with Crippen molar-refractivity contribution < 1.29 is 4.79 Å². The average Bonchev–Trinajstić information content (AvgIpc) is 3.54. The zero-order chi connectivity index (χ0) is 22.5. The summed E-state index contributed by atoms with van der Waals surface area (Å²) in [6.45, 7) is 1.00. The van der Waals surface area contributed by atoms with Crippen LogP contribution in [0, 0.1) is 0 Å². The maximum Gasteiger partial charge on any atom is 0.253 e. The van der Waals surface area contributed by atoms with Gasteiger partial charge in [-0.3, -0.25) is 9.48 Å². The van der Waals surface area contributed by atoms with Crippen LogP contribution in [-0.2, 0) is 13.1 Å². The van der Waals surface area contributed by atoms with E-state index in [1.807, 2.05) is 59.4 Å². The number of pyridine rings is 1. The van der Waals surface area contributed by atoms with Crippen molar-refractivity contribution in [3.8, 4) is 17.1 Å². The summed E-state index contributed by atoms with van der Waals surface area (Å²) in [5, 5.41) is 11.8. The molecule has 0 atom stereocenters. The summed E-state index contributed by atoms with van der Waals surface area (Å²) in [5.41, 5.74) is 4.43. The molecule has 5 rings (SSSR count). The molecule has 162 valence electrons. The summed E-state index contributed by atoms with van der Waals surface area (Å²) in [4.78, 5) is 21.0. The number of rotatable bonds is 7. The minimum absolute atomic E-state index is 0.206. The Kier molecular flexibility index (Phi) is 5.71. The average molecular weight is 435 g/mol. The minimum Gasteiger partial charge on any atom is -0.348 e. The molecule has 33 heavy (non-hydrogen) atoms. The van der Waals surface area contributed by atoms with Crippen LogP contribution in [0.3, 0.4) is 0 Å². The first-order chi connectivity index (χ1) is 16.3. The molecule has 3 heterocycles. The number of nitrogens with one attached hydrogen (secondary N) is 1. The van der Waals surface area contributed by atoms with E-state index in [9.17, 15) is 4.79 Å². The molecule has 0 saturated heterocycles. The molecule has 0 spiro atoms. The molecule has 2 aromatic carbocycles. The van der Waals surface area contributed by atoms with Gasteiger partial charge in [-0.2, -0.15) is 10.2 Å². The number of nitrogens with zero attached hydrogens (tertiary/aromatic N) is 6. The molecule has 8 heteroatoms. The van der Waals surface area contributed by atoms with Crippen molar-refractivity contribution in [2.24, 2.45) is 0 Å². The topological polar surface area (TPSA) is 90.5 Å². The second-order valence-electron chi connectivity index (χ2n) is 7.48. The van der Waals surface area contributed by atoms with Crippen molar-refractivity contribution in [2.45, 2.75) is 13.1 Å². The molecule has 0 saturated carbocycles. The van der Waals surface area contributed by atoms with Gasteiger partial charge in [0.2, 0.25) is 0 Å². The lowest BCUT2D eigenvalue weighted by Crippen LogP contribution is -2.23. The number of amides is 1. The quantitative estimate of drug-likeness (QED) is 0.423. The maximum absolute atomic E-state index is 12.7. The van der Waals surface area contributed by atoms with Crippen molar-refractivity contribution in [1.29, 1.82) is 0 Å². The van der Waals surface area contributed by atoms with E-state index in [0.29, 0.717) is 24.5 Å². The summed E-state index contributed by atoms with van der Waals surface area (Å²) >= 11 is 0. The summed E-state index contributed by atoms with van der Waals surface area (Å²) < 4.78 is 3.45. The minimum atomic E-state index is -0.206. The summed E-state index contributed by atoms with van der Waals surface area (Å²) in [6, 6.07) is 23.6. The molecule has 0 aliphatic carbocycles. The first-order valence-electron chi connectivity index (χ1n) is 10.5. The van der Waals surface area contributed by atoms with Crippen LogP contribution in [0.5, 0.6) is 0 Å². The Balaban J connectivity index is 1.34. The molecular weight excluding hydrogens is 414 g/mol. The zero-order valence-corrected chi connectivity index (χ0v) is 17.7. The number of carbonyl (C=O) groups is 1. The lowest BCUT2D eigenvalue weighted by atomic mass is 10.1. The van der Waals surface area contributed by atoms with Gasteiger partial charge >= 0.3 is 0 Å². The third kappa shape index (κ3) is 4.69. The fourth-order valence-corrected chi connectivity index (χ4v) is 3.54. The molecule has 0 unspecified atom stereocenters. The van der Waals surface area contributed by atoms with Gasteiger partial charge in [0.1, 0.15) is 12.7 Å². The molecular formula is C25H21N7O. The van der Waals surface area contributed by atoms with Crippen LogP contribution in [0.1, 0.15) is 21.5 Å². The molecule has 8 nitrogen and oxygen atoms in total. The van der Waals surface area contributed by atoms with Gasteiger partial charge in [-0.25, -0.2) is 14.6 Å². The van der Waals surface area contributed by atoms with Gasteiger partial charge < -0.3 is 5.32 Å². The Morgan fingerprint density at radius 1 is 0.939 bits per heavy atom. The van der Waals surface area contributed by atoms with Crippen molar-refractivity contribution >= 4 is 5.91 Å². The second kappa shape index (κ2) is 9.27. The number of aromatic nitrogens is 6. The molecule has 0 fully saturated rings. The fourth-order valence-electron chi connectivity index (χ4n) is 3.54. The van der Waals surface area contributed by atoms with E-state index in [1.165, 1.54) is 17.2 Å². The van der Waals surface area contributed by atoms with Crippen molar-refractivity contribution in [2.75, 3.05) is 0 Å². The van der Waals surface area contributed by atoms with Crippen molar-refractivity contribution in [1.82, 2.24) is 34.8 Å². The number of hydrogen-bond acceptors (Lipinski definition) is 5. The summed E-state index contributed by atoms with van der Waals surface area (Å²) in [7, 11) is 0. The lowest BCUT2D eigenvalue weighted by Gasteiger charge is -2.06. The van der Waals surface area contributed by atoms with E-state index in [2.05, 4.69) is 32.5 Å². The van der Waals surface area contributed by atoms with Crippen LogP contribution in [0.4, 0.5) is 0 Å². The number of carbonyl (C=O) groups excluding carboxylic acids is 1. The molecule has 0 radical (unpaired) electrons. The predicted molar refractivity (Wildman–Crippen MR) is 124 cm³/mol. The van der Waals surface area contributed by atoms with Crippen LogP contribution >= 0.6 is 0 Å². The third-order valence-electron chi connectivity index (χ3n) is 5.18. The van der Waals surface area contributed by atoms with Crippen molar-refractivity contribution in [3.05, 3.63) is 115 Å². The lowest BCUT2D eigenvalue weighted by molar-refractivity contribution is 0.0950. The predicted octanol–water partition coefficient (Wildman–Crippen LogP) is 3.50. The monoisotopic (exact) mass is 435 g/mol. The van der Waals surface area contributed by atoms with Crippen molar-refractivity contribution in [3.63, 3.8) is 0 Å². The SMILES string of the molecule is O=C(NCc1cn(Cc2ccccc2)nc1-c1ccccc1)c1ccc(-n2cncn2)nc1.